The van der Waals surface area contributed by atoms with Crippen molar-refractivity contribution >= 4 is 0 Å². The molecular formula is C12H24N2O. The van der Waals surface area contributed by atoms with Crippen molar-refractivity contribution in [3.8, 4) is 0 Å². The van der Waals surface area contributed by atoms with Gasteiger partial charge >= 0.3 is 0 Å². The summed E-state index contributed by atoms with van der Waals surface area (Å²) in [4.78, 5) is 2.66. The molecule has 0 spiro atoms. The minimum atomic E-state index is 0.426. The van der Waals surface area contributed by atoms with Crippen LogP contribution >= 0.6 is 0 Å². The number of nitrogens with one attached hydrogen (secondary N) is 1. The molecule has 15 heavy (non-hydrogen) atoms. The third-order valence-electron chi connectivity index (χ3n) is 3.83. The summed E-state index contributed by atoms with van der Waals surface area (Å²) in [5, 5.41) is 3.33. The molecule has 1 N–H and O–H groups in total. The van der Waals surface area contributed by atoms with Gasteiger partial charge in [-0.25, -0.2) is 0 Å². The molecule has 0 radical (unpaired) electrons. The van der Waals surface area contributed by atoms with Crippen molar-refractivity contribution in [2.45, 2.75) is 38.3 Å². The van der Waals surface area contributed by atoms with Crippen LogP contribution in [0.1, 0.15) is 26.2 Å². The van der Waals surface area contributed by atoms with Crippen molar-refractivity contribution in [1.29, 1.82) is 0 Å². The van der Waals surface area contributed by atoms with Crippen LogP contribution in [-0.4, -0.2) is 50.3 Å². The van der Waals surface area contributed by atoms with Gasteiger partial charge in [-0.3, -0.25) is 4.90 Å². The van der Waals surface area contributed by atoms with Gasteiger partial charge in [0.15, 0.2) is 0 Å². The maximum absolute atomic E-state index is 5.61. The Morgan fingerprint density at radius 2 is 2.27 bits per heavy atom. The lowest BCUT2D eigenvalue weighted by molar-refractivity contribution is -0.0395. The van der Waals surface area contributed by atoms with E-state index in [0.717, 1.165) is 31.7 Å². The van der Waals surface area contributed by atoms with Gasteiger partial charge in [-0.05, 0) is 39.3 Å². The van der Waals surface area contributed by atoms with E-state index in [0.29, 0.717) is 6.10 Å². The Morgan fingerprint density at radius 3 is 3.00 bits per heavy atom. The smallest absolute Gasteiger partial charge is 0.0674 e. The molecule has 0 aromatic carbocycles. The number of ether oxygens (including phenoxy) is 1. The van der Waals surface area contributed by atoms with Crippen LogP contribution in [0.5, 0.6) is 0 Å². The Bertz CT molecular complexity index is 198. The fraction of sp³-hybridized carbons (Fsp3) is 1.00. The zero-order chi connectivity index (χ0) is 10.7. The first-order chi connectivity index (χ1) is 7.31. The standard InChI is InChI=1S/C12H24N2O/c1-10-9-14(6-7-15-10)12-5-3-4-11(12)8-13-2/h10-13H,3-9H2,1-2H3. The number of rotatable bonds is 3. The van der Waals surface area contributed by atoms with Gasteiger partial charge in [0.1, 0.15) is 0 Å². The predicted molar refractivity (Wildman–Crippen MR) is 62.0 cm³/mol. The SMILES string of the molecule is CNCC1CCCC1N1CCOC(C)C1. The second-order valence-corrected chi connectivity index (χ2v) is 4.99. The Morgan fingerprint density at radius 1 is 1.40 bits per heavy atom. The monoisotopic (exact) mass is 212 g/mol. The van der Waals surface area contributed by atoms with Gasteiger partial charge in [0.25, 0.3) is 0 Å². The van der Waals surface area contributed by atoms with E-state index in [9.17, 15) is 0 Å². The van der Waals surface area contributed by atoms with Crippen LogP contribution in [0.25, 0.3) is 0 Å². The van der Waals surface area contributed by atoms with Crippen LogP contribution in [0, 0.1) is 5.92 Å². The zero-order valence-corrected chi connectivity index (χ0v) is 10.0. The molecule has 1 heterocycles. The number of morpholine rings is 1. The highest BCUT2D eigenvalue weighted by Crippen LogP contribution is 2.30. The molecule has 1 aliphatic carbocycles. The summed E-state index contributed by atoms with van der Waals surface area (Å²) in [5.74, 6) is 0.861. The van der Waals surface area contributed by atoms with E-state index in [1.165, 1.54) is 25.8 Å². The summed E-state index contributed by atoms with van der Waals surface area (Å²) in [6.45, 7) is 6.55. The van der Waals surface area contributed by atoms with Crippen LogP contribution in [0.2, 0.25) is 0 Å². The van der Waals surface area contributed by atoms with E-state index in [2.05, 4.69) is 24.2 Å². The normalized spacial score (nSPS) is 38.4. The predicted octanol–water partition coefficient (Wildman–Crippen LogP) is 1.10. The van der Waals surface area contributed by atoms with E-state index in [-0.39, 0.29) is 0 Å². The molecular weight excluding hydrogens is 188 g/mol. The third-order valence-corrected chi connectivity index (χ3v) is 3.83. The topological polar surface area (TPSA) is 24.5 Å². The molecule has 0 aromatic heterocycles. The lowest BCUT2D eigenvalue weighted by atomic mass is 10.0. The molecule has 2 rings (SSSR count). The van der Waals surface area contributed by atoms with Gasteiger partial charge < -0.3 is 10.1 Å². The Kier molecular flexibility index (Phi) is 4.00. The van der Waals surface area contributed by atoms with E-state index < -0.39 is 0 Å². The quantitative estimate of drug-likeness (QED) is 0.758. The van der Waals surface area contributed by atoms with Crippen molar-refractivity contribution in [1.82, 2.24) is 10.2 Å². The summed E-state index contributed by atoms with van der Waals surface area (Å²) in [6, 6.07) is 0.809. The largest absolute Gasteiger partial charge is 0.376 e. The van der Waals surface area contributed by atoms with E-state index in [1.54, 1.807) is 0 Å². The molecule has 3 atom stereocenters. The van der Waals surface area contributed by atoms with E-state index in [4.69, 9.17) is 4.74 Å². The van der Waals surface area contributed by atoms with Crippen molar-refractivity contribution in [2.24, 2.45) is 5.92 Å². The Hall–Kier alpha value is -0.120. The summed E-state index contributed by atoms with van der Waals surface area (Å²) in [7, 11) is 2.07. The zero-order valence-electron chi connectivity index (χ0n) is 10.0. The second-order valence-electron chi connectivity index (χ2n) is 4.99. The summed E-state index contributed by atoms with van der Waals surface area (Å²) in [6.07, 6.45) is 4.62. The van der Waals surface area contributed by atoms with E-state index >= 15 is 0 Å². The molecule has 1 saturated heterocycles. The highest BCUT2D eigenvalue weighted by Gasteiger charge is 2.33. The highest BCUT2D eigenvalue weighted by atomic mass is 16.5. The van der Waals surface area contributed by atoms with Crippen LogP contribution in [0.3, 0.4) is 0 Å². The summed E-state index contributed by atoms with van der Waals surface area (Å²) >= 11 is 0. The maximum Gasteiger partial charge on any atom is 0.0674 e. The average Bonchev–Trinajstić information content (AvgIpc) is 2.66. The van der Waals surface area contributed by atoms with Crippen molar-refractivity contribution in [3.63, 3.8) is 0 Å². The molecule has 0 aromatic rings. The van der Waals surface area contributed by atoms with Crippen molar-refractivity contribution in [3.05, 3.63) is 0 Å². The van der Waals surface area contributed by atoms with Crippen LogP contribution < -0.4 is 5.32 Å². The van der Waals surface area contributed by atoms with Gasteiger partial charge in [-0.15, -0.1) is 0 Å². The molecule has 3 nitrogen and oxygen atoms in total. The number of hydrogen-bond donors (Lipinski definition) is 1. The summed E-state index contributed by atoms with van der Waals surface area (Å²) < 4.78 is 5.61. The van der Waals surface area contributed by atoms with Crippen molar-refractivity contribution in [2.75, 3.05) is 33.3 Å². The van der Waals surface area contributed by atoms with Crippen LogP contribution in [0.4, 0.5) is 0 Å². The molecule has 1 saturated carbocycles. The first-order valence-corrected chi connectivity index (χ1v) is 6.31. The van der Waals surface area contributed by atoms with Gasteiger partial charge in [-0.2, -0.15) is 0 Å². The fourth-order valence-electron chi connectivity index (χ4n) is 3.14. The molecule has 0 bridgehead atoms. The van der Waals surface area contributed by atoms with Crippen LogP contribution in [0.15, 0.2) is 0 Å². The molecule has 88 valence electrons. The minimum absolute atomic E-state index is 0.426. The molecule has 1 aliphatic heterocycles. The highest BCUT2D eigenvalue weighted by molar-refractivity contribution is 4.88. The van der Waals surface area contributed by atoms with Gasteiger partial charge in [0.05, 0.1) is 12.7 Å². The van der Waals surface area contributed by atoms with Gasteiger partial charge in [0, 0.05) is 19.1 Å². The third kappa shape index (κ3) is 2.71. The lowest BCUT2D eigenvalue weighted by Gasteiger charge is -2.38. The summed E-state index contributed by atoms with van der Waals surface area (Å²) in [5.41, 5.74) is 0. The Labute approximate surface area is 93.2 Å². The molecule has 2 fully saturated rings. The molecule has 0 amide bonds. The minimum Gasteiger partial charge on any atom is -0.376 e. The Balaban J connectivity index is 1.90. The number of nitrogens with zero attached hydrogens (tertiary/aromatic N) is 1. The van der Waals surface area contributed by atoms with Gasteiger partial charge in [0.2, 0.25) is 0 Å². The van der Waals surface area contributed by atoms with Gasteiger partial charge in [-0.1, -0.05) is 6.42 Å². The maximum atomic E-state index is 5.61. The molecule has 2 aliphatic rings. The second kappa shape index (κ2) is 5.28. The fourth-order valence-corrected chi connectivity index (χ4v) is 3.14. The molecule has 3 heteroatoms. The first kappa shape index (κ1) is 11.4. The van der Waals surface area contributed by atoms with Crippen LogP contribution in [-0.2, 0) is 4.74 Å². The van der Waals surface area contributed by atoms with Crippen molar-refractivity contribution < 1.29 is 4.74 Å². The lowest BCUT2D eigenvalue weighted by Crippen LogP contribution is -2.49. The average molecular weight is 212 g/mol. The first-order valence-electron chi connectivity index (χ1n) is 6.31. The number of hydrogen-bond acceptors (Lipinski definition) is 3. The molecule has 3 unspecified atom stereocenters. The van der Waals surface area contributed by atoms with E-state index in [1.807, 2.05) is 0 Å².